The molecule has 1 saturated heterocycles. The molecule has 106 valence electrons. The minimum absolute atomic E-state index is 0.174. The molecule has 0 atom stereocenters. The molecule has 5 heteroatoms. The van der Waals surface area contributed by atoms with Crippen molar-refractivity contribution in [3.8, 4) is 0 Å². The molecule has 1 aromatic heterocycles. The van der Waals surface area contributed by atoms with Crippen molar-refractivity contribution >= 4 is 39.8 Å². The van der Waals surface area contributed by atoms with Crippen LogP contribution in [0.4, 0.5) is 0 Å². The number of likely N-dealkylation sites (tertiary alicyclic amines) is 1. The maximum absolute atomic E-state index is 12.4. The number of hydrogen-bond acceptors (Lipinski definition) is 3. The first-order chi connectivity index (χ1) is 9.11. The van der Waals surface area contributed by atoms with Crippen LogP contribution < -0.4 is 0 Å². The van der Waals surface area contributed by atoms with Gasteiger partial charge in [0.05, 0.1) is 8.45 Å². The average Bonchev–Trinajstić information content (AvgIpc) is 2.85. The summed E-state index contributed by atoms with van der Waals surface area (Å²) in [5.74, 6) is 0.174. The van der Waals surface area contributed by atoms with Crippen molar-refractivity contribution in [3.05, 3.63) is 19.9 Å². The molecule has 0 saturated carbocycles. The van der Waals surface area contributed by atoms with Crippen molar-refractivity contribution in [2.45, 2.75) is 32.2 Å². The fourth-order valence-electron chi connectivity index (χ4n) is 2.64. The number of hydrogen-bond donors (Lipinski definition) is 0. The van der Waals surface area contributed by atoms with Crippen LogP contribution in [0, 0.1) is 2.88 Å². The summed E-state index contributed by atoms with van der Waals surface area (Å²) in [5, 5.41) is 1.97. The van der Waals surface area contributed by atoms with Crippen LogP contribution in [0.25, 0.3) is 0 Å². The Morgan fingerprint density at radius 2 is 2.21 bits per heavy atom. The Bertz CT molecular complexity index is 427. The minimum atomic E-state index is 0.174. The molecule has 1 amide bonds. The van der Waals surface area contributed by atoms with Gasteiger partial charge in [0.25, 0.3) is 5.91 Å². The lowest BCUT2D eigenvalue weighted by Gasteiger charge is -2.36. The number of thiophene rings is 1. The molecule has 19 heavy (non-hydrogen) atoms. The second-order valence-corrected chi connectivity index (χ2v) is 7.93. The molecule has 0 unspecified atom stereocenters. The molecule has 3 nitrogen and oxygen atoms in total. The van der Waals surface area contributed by atoms with Gasteiger partial charge in [0.1, 0.15) is 0 Å². The molecule has 1 aromatic rings. The summed E-state index contributed by atoms with van der Waals surface area (Å²) in [5.41, 5.74) is 0.841. The number of amides is 1. The first-order valence-corrected chi connectivity index (χ1v) is 8.81. The van der Waals surface area contributed by atoms with Gasteiger partial charge in [-0.2, -0.15) is 0 Å². The van der Waals surface area contributed by atoms with Crippen LogP contribution in [-0.2, 0) is 0 Å². The smallest absolute Gasteiger partial charge is 0.254 e. The van der Waals surface area contributed by atoms with E-state index in [1.165, 1.54) is 15.8 Å². The fourth-order valence-corrected chi connectivity index (χ4v) is 3.96. The van der Waals surface area contributed by atoms with Gasteiger partial charge in [-0.05, 0) is 54.5 Å². The van der Waals surface area contributed by atoms with E-state index in [0.29, 0.717) is 6.04 Å². The van der Waals surface area contributed by atoms with Crippen molar-refractivity contribution in [1.82, 2.24) is 9.80 Å². The Hall–Kier alpha value is -0.140. The first kappa shape index (κ1) is 15.3. The molecular formula is C14H21IN2OS. The number of nitrogens with zero attached hydrogens (tertiary/aromatic N) is 2. The standard InChI is InChI=1S/C14H21IN2OS/c1-3-6-17-7-4-12(5-8-17)16(2)14(18)11-9-13(15)19-10-11/h9-10,12H,3-8H2,1-2H3. The van der Waals surface area contributed by atoms with Gasteiger partial charge in [-0.1, -0.05) is 6.92 Å². The summed E-state index contributed by atoms with van der Waals surface area (Å²) < 4.78 is 1.17. The number of rotatable bonds is 4. The van der Waals surface area contributed by atoms with Crippen LogP contribution in [0.5, 0.6) is 0 Å². The molecule has 2 heterocycles. The lowest BCUT2D eigenvalue weighted by Crippen LogP contribution is -2.45. The molecule has 0 N–H and O–H groups in total. The second-order valence-electron chi connectivity index (χ2n) is 5.13. The van der Waals surface area contributed by atoms with Crippen LogP contribution in [0.2, 0.25) is 0 Å². The highest BCUT2D eigenvalue weighted by molar-refractivity contribution is 14.1. The third-order valence-electron chi connectivity index (χ3n) is 3.78. The van der Waals surface area contributed by atoms with Crippen molar-refractivity contribution in [2.24, 2.45) is 0 Å². The molecule has 0 bridgehead atoms. The van der Waals surface area contributed by atoms with Crippen molar-refractivity contribution in [1.29, 1.82) is 0 Å². The zero-order valence-corrected chi connectivity index (χ0v) is 14.5. The number of halogens is 1. The van der Waals surface area contributed by atoms with Gasteiger partial charge in [0.2, 0.25) is 0 Å². The van der Waals surface area contributed by atoms with Gasteiger partial charge in [-0.15, -0.1) is 11.3 Å². The highest BCUT2D eigenvalue weighted by Gasteiger charge is 2.25. The molecule has 2 rings (SSSR count). The summed E-state index contributed by atoms with van der Waals surface area (Å²) >= 11 is 3.90. The van der Waals surface area contributed by atoms with Gasteiger partial charge in [-0.3, -0.25) is 4.79 Å². The Balaban J connectivity index is 1.90. The van der Waals surface area contributed by atoms with Crippen LogP contribution in [0.1, 0.15) is 36.5 Å². The maximum Gasteiger partial charge on any atom is 0.254 e. The molecule has 1 aliphatic heterocycles. The zero-order valence-electron chi connectivity index (χ0n) is 11.6. The normalized spacial score (nSPS) is 17.6. The summed E-state index contributed by atoms with van der Waals surface area (Å²) in [6.07, 6.45) is 3.42. The van der Waals surface area contributed by atoms with E-state index in [0.717, 1.165) is 31.5 Å². The zero-order chi connectivity index (χ0) is 13.8. The average molecular weight is 392 g/mol. The number of carbonyl (C=O) groups excluding carboxylic acids is 1. The van der Waals surface area contributed by atoms with E-state index in [9.17, 15) is 4.79 Å². The second kappa shape index (κ2) is 7.04. The van der Waals surface area contributed by atoms with Gasteiger partial charge in [0, 0.05) is 31.6 Å². The van der Waals surface area contributed by atoms with Crippen molar-refractivity contribution in [3.63, 3.8) is 0 Å². The van der Waals surface area contributed by atoms with Crippen LogP contribution in [0.3, 0.4) is 0 Å². The molecule has 1 aliphatic rings. The predicted octanol–water partition coefficient (Wildman–Crippen LogP) is 3.30. The first-order valence-electron chi connectivity index (χ1n) is 6.85. The SMILES string of the molecule is CCCN1CCC(N(C)C(=O)c2csc(I)c2)CC1. The number of piperidine rings is 1. The molecule has 0 aromatic carbocycles. The third kappa shape index (κ3) is 3.92. The number of carbonyl (C=O) groups is 1. The lowest BCUT2D eigenvalue weighted by molar-refractivity contribution is 0.0643. The van der Waals surface area contributed by atoms with E-state index in [2.05, 4.69) is 34.4 Å². The van der Waals surface area contributed by atoms with Crippen molar-refractivity contribution in [2.75, 3.05) is 26.7 Å². The highest BCUT2D eigenvalue weighted by atomic mass is 127. The maximum atomic E-state index is 12.4. The molecule has 1 fully saturated rings. The summed E-state index contributed by atoms with van der Waals surface area (Å²) in [4.78, 5) is 16.8. The third-order valence-corrected chi connectivity index (χ3v) is 5.57. The predicted molar refractivity (Wildman–Crippen MR) is 88.9 cm³/mol. The molecule has 0 spiro atoms. The van der Waals surface area contributed by atoms with Gasteiger partial charge in [-0.25, -0.2) is 0 Å². The van der Waals surface area contributed by atoms with E-state index in [1.807, 2.05) is 23.4 Å². The van der Waals surface area contributed by atoms with E-state index < -0.39 is 0 Å². The van der Waals surface area contributed by atoms with Crippen LogP contribution in [0.15, 0.2) is 11.4 Å². The van der Waals surface area contributed by atoms with Crippen molar-refractivity contribution < 1.29 is 4.79 Å². The summed E-state index contributed by atoms with van der Waals surface area (Å²) in [6.45, 7) is 5.65. The Labute approximate surface area is 133 Å². The Kier molecular flexibility index (Phi) is 5.65. The summed E-state index contributed by atoms with van der Waals surface area (Å²) in [7, 11) is 1.95. The largest absolute Gasteiger partial charge is 0.339 e. The van der Waals surface area contributed by atoms with Gasteiger partial charge in [0.15, 0.2) is 0 Å². The lowest BCUT2D eigenvalue weighted by atomic mass is 10.0. The highest BCUT2D eigenvalue weighted by Crippen LogP contribution is 2.21. The van der Waals surface area contributed by atoms with Gasteiger partial charge < -0.3 is 9.80 Å². The van der Waals surface area contributed by atoms with E-state index in [1.54, 1.807) is 11.3 Å². The van der Waals surface area contributed by atoms with Crippen LogP contribution in [-0.4, -0.2) is 48.4 Å². The molecule has 0 radical (unpaired) electrons. The quantitative estimate of drug-likeness (QED) is 0.735. The minimum Gasteiger partial charge on any atom is -0.339 e. The molecule has 0 aliphatic carbocycles. The van der Waals surface area contributed by atoms with Gasteiger partial charge >= 0.3 is 0 Å². The fraction of sp³-hybridized carbons (Fsp3) is 0.643. The monoisotopic (exact) mass is 392 g/mol. The van der Waals surface area contributed by atoms with Crippen LogP contribution >= 0.6 is 33.9 Å². The van der Waals surface area contributed by atoms with E-state index in [-0.39, 0.29) is 5.91 Å². The van der Waals surface area contributed by atoms with E-state index in [4.69, 9.17) is 0 Å². The van der Waals surface area contributed by atoms with E-state index >= 15 is 0 Å². The molecular weight excluding hydrogens is 371 g/mol. The summed E-state index contributed by atoms with van der Waals surface area (Å²) in [6, 6.07) is 2.38. The topological polar surface area (TPSA) is 23.6 Å². The Morgan fingerprint density at radius 3 is 2.74 bits per heavy atom. The Morgan fingerprint density at radius 1 is 1.53 bits per heavy atom.